The standard InChI is InChI=1S/C13H16FN3O/c1-8(6-15)17-13(18)4-9-7-16-12-3-2-10(14)5-11(9)12/h2-3,5,7-8,16H,4,6,15H2,1H3,(H,17,18). The maximum Gasteiger partial charge on any atom is 0.224 e. The van der Waals surface area contributed by atoms with E-state index >= 15 is 0 Å². The molecular weight excluding hydrogens is 233 g/mol. The van der Waals surface area contributed by atoms with Crippen LogP contribution in [-0.2, 0) is 11.2 Å². The highest BCUT2D eigenvalue weighted by atomic mass is 19.1. The second-order valence-corrected chi connectivity index (χ2v) is 4.38. The van der Waals surface area contributed by atoms with E-state index < -0.39 is 0 Å². The van der Waals surface area contributed by atoms with Gasteiger partial charge >= 0.3 is 0 Å². The summed E-state index contributed by atoms with van der Waals surface area (Å²) in [6, 6.07) is 4.42. The highest BCUT2D eigenvalue weighted by Gasteiger charge is 2.11. The number of benzene rings is 1. The van der Waals surface area contributed by atoms with E-state index in [0.29, 0.717) is 6.54 Å². The van der Waals surface area contributed by atoms with Crippen LogP contribution in [0.25, 0.3) is 10.9 Å². The van der Waals surface area contributed by atoms with Gasteiger partial charge in [0.15, 0.2) is 0 Å². The van der Waals surface area contributed by atoms with Crippen molar-refractivity contribution in [1.29, 1.82) is 0 Å². The lowest BCUT2D eigenvalue weighted by Crippen LogP contribution is -2.38. The van der Waals surface area contributed by atoms with Crippen LogP contribution < -0.4 is 11.1 Å². The number of amides is 1. The number of fused-ring (bicyclic) bond motifs is 1. The summed E-state index contributed by atoms with van der Waals surface area (Å²) in [5.74, 6) is -0.419. The van der Waals surface area contributed by atoms with Crippen molar-refractivity contribution >= 4 is 16.8 Å². The van der Waals surface area contributed by atoms with Gasteiger partial charge in [0.05, 0.1) is 6.42 Å². The van der Waals surface area contributed by atoms with Gasteiger partial charge in [-0.1, -0.05) is 0 Å². The number of rotatable bonds is 4. The van der Waals surface area contributed by atoms with Crippen LogP contribution in [0.1, 0.15) is 12.5 Å². The third kappa shape index (κ3) is 2.68. The molecule has 1 aromatic heterocycles. The van der Waals surface area contributed by atoms with Crippen LogP contribution in [0.3, 0.4) is 0 Å². The van der Waals surface area contributed by atoms with Crippen molar-refractivity contribution in [3.8, 4) is 0 Å². The largest absolute Gasteiger partial charge is 0.361 e. The van der Waals surface area contributed by atoms with E-state index in [1.165, 1.54) is 12.1 Å². The SMILES string of the molecule is CC(CN)NC(=O)Cc1c[nH]c2ccc(F)cc12. The summed E-state index contributed by atoms with van der Waals surface area (Å²) >= 11 is 0. The smallest absolute Gasteiger partial charge is 0.224 e. The normalized spacial score (nSPS) is 12.6. The number of carbonyl (C=O) groups excluding carboxylic acids is 1. The molecule has 1 aromatic carbocycles. The second-order valence-electron chi connectivity index (χ2n) is 4.38. The van der Waals surface area contributed by atoms with Gasteiger partial charge in [0.1, 0.15) is 5.82 Å². The summed E-state index contributed by atoms with van der Waals surface area (Å²) in [7, 11) is 0. The molecule has 0 radical (unpaired) electrons. The number of nitrogens with one attached hydrogen (secondary N) is 2. The molecule has 5 heteroatoms. The molecule has 0 saturated heterocycles. The molecule has 1 atom stereocenters. The molecule has 0 bridgehead atoms. The van der Waals surface area contributed by atoms with E-state index in [4.69, 9.17) is 5.73 Å². The highest BCUT2D eigenvalue weighted by molar-refractivity contribution is 5.89. The van der Waals surface area contributed by atoms with E-state index in [1.54, 1.807) is 12.3 Å². The minimum absolute atomic E-state index is 0.0561. The van der Waals surface area contributed by atoms with E-state index in [2.05, 4.69) is 10.3 Å². The first-order valence-electron chi connectivity index (χ1n) is 5.85. The van der Waals surface area contributed by atoms with E-state index in [9.17, 15) is 9.18 Å². The fraction of sp³-hybridized carbons (Fsp3) is 0.308. The molecule has 0 aliphatic carbocycles. The van der Waals surface area contributed by atoms with Gasteiger partial charge in [0, 0.05) is 29.7 Å². The maximum absolute atomic E-state index is 13.2. The van der Waals surface area contributed by atoms with Gasteiger partial charge in [-0.25, -0.2) is 4.39 Å². The van der Waals surface area contributed by atoms with Crippen molar-refractivity contribution in [2.45, 2.75) is 19.4 Å². The first kappa shape index (κ1) is 12.6. The van der Waals surface area contributed by atoms with Crippen molar-refractivity contribution in [3.05, 3.63) is 35.8 Å². The maximum atomic E-state index is 13.2. The second kappa shape index (κ2) is 5.18. The molecule has 0 fully saturated rings. The van der Waals surface area contributed by atoms with Crippen molar-refractivity contribution < 1.29 is 9.18 Å². The van der Waals surface area contributed by atoms with Gasteiger partial charge in [0.2, 0.25) is 5.91 Å². The lowest BCUT2D eigenvalue weighted by atomic mass is 10.1. The average Bonchev–Trinajstić information content (AvgIpc) is 2.71. The molecule has 4 N–H and O–H groups in total. The molecule has 1 unspecified atom stereocenters. The molecule has 0 aliphatic rings. The Labute approximate surface area is 104 Å². The highest BCUT2D eigenvalue weighted by Crippen LogP contribution is 2.19. The first-order chi connectivity index (χ1) is 8.60. The number of carbonyl (C=O) groups is 1. The fourth-order valence-electron chi connectivity index (χ4n) is 1.85. The summed E-state index contributed by atoms with van der Waals surface area (Å²) < 4.78 is 13.2. The third-order valence-corrected chi connectivity index (χ3v) is 2.84. The topological polar surface area (TPSA) is 70.9 Å². The molecule has 1 amide bonds. The van der Waals surface area contributed by atoms with Crippen LogP contribution in [0.2, 0.25) is 0 Å². The van der Waals surface area contributed by atoms with E-state index in [0.717, 1.165) is 16.5 Å². The summed E-state index contributed by atoms with van der Waals surface area (Å²) in [6.45, 7) is 2.24. The number of aromatic nitrogens is 1. The van der Waals surface area contributed by atoms with Gasteiger partial charge < -0.3 is 16.0 Å². The number of aromatic amines is 1. The van der Waals surface area contributed by atoms with Gasteiger partial charge in [0.25, 0.3) is 0 Å². The average molecular weight is 249 g/mol. The molecule has 4 nitrogen and oxygen atoms in total. The van der Waals surface area contributed by atoms with Crippen LogP contribution in [-0.4, -0.2) is 23.5 Å². The molecule has 0 spiro atoms. The zero-order valence-corrected chi connectivity index (χ0v) is 10.2. The predicted molar refractivity (Wildman–Crippen MR) is 68.6 cm³/mol. The Morgan fingerprint density at radius 2 is 2.33 bits per heavy atom. The zero-order chi connectivity index (χ0) is 13.1. The summed E-state index contributed by atoms with van der Waals surface area (Å²) in [5, 5.41) is 3.52. The van der Waals surface area contributed by atoms with Crippen molar-refractivity contribution in [2.75, 3.05) is 6.54 Å². The number of nitrogens with two attached hydrogens (primary N) is 1. The summed E-state index contributed by atoms with van der Waals surface area (Å²) in [6.07, 6.45) is 1.95. The quantitative estimate of drug-likeness (QED) is 0.764. The molecule has 0 saturated carbocycles. The van der Waals surface area contributed by atoms with E-state index in [-0.39, 0.29) is 24.2 Å². The van der Waals surface area contributed by atoms with Crippen LogP contribution in [0.4, 0.5) is 4.39 Å². The molecule has 2 rings (SSSR count). The van der Waals surface area contributed by atoms with Crippen molar-refractivity contribution in [2.24, 2.45) is 5.73 Å². The molecular formula is C13H16FN3O. The first-order valence-corrected chi connectivity index (χ1v) is 5.85. The zero-order valence-electron chi connectivity index (χ0n) is 10.2. The van der Waals surface area contributed by atoms with Crippen LogP contribution >= 0.6 is 0 Å². The Balaban J connectivity index is 2.16. The lowest BCUT2D eigenvalue weighted by molar-refractivity contribution is -0.120. The minimum Gasteiger partial charge on any atom is -0.361 e. The fourth-order valence-corrected chi connectivity index (χ4v) is 1.85. The van der Waals surface area contributed by atoms with Crippen molar-refractivity contribution in [3.63, 3.8) is 0 Å². The number of hydrogen-bond donors (Lipinski definition) is 3. The van der Waals surface area contributed by atoms with E-state index in [1.807, 2.05) is 6.92 Å². The lowest BCUT2D eigenvalue weighted by Gasteiger charge is -2.10. The number of H-pyrrole nitrogens is 1. The Morgan fingerprint density at radius 3 is 3.06 bits per heavy atom. The number of halogens is 1. The van der Waals surface area contributed by atoms with Gasteiger partial charge in [-0.05, 0) is 30.7 Å². The van der Waals surface area contributed by atoms with Gasteiger partial charge in [-0.3, -0.25) is 4.79 Å². The van der Waals surface area contributed by atoms with Gasteiger partial charge in [-0.2, -0.15) is 0 Å². The monoisotopic (exact) mass is 249 g/mol. The Bertz CT molecular complexity index is 564. The summed E-state index contributed by atoms with van der Waals surface area (Å²) in [4.78, 5) is 14.8. The van der Waals surface area contributed by atoms with Crippen molar-refractivity contribution in [1.82, 2.24) is 10.3 Å². The van der Waals surface area contributed by atoms with Crippen LogP contribution in [0, 0.1) is 5.82 Å². The molecule has 18 heavy (non-hydrogen) atoms. The van der Waals surface area contributed by atoms with Gasteiger partial charge in [-0.15, -0.1) is 0 Å². The Kier molecular flexibility index (Phi) is 3.62. The number of hydrogen-bond acceptors (Lipinski definition) is 2. The molecule has 1 heterocycles. The third-order valence-electron chi connectivity index (χ3n) is 2.84. The summed E-state index contributed by atoms with van der Waals surface area (Å²) in [5.41, 5.74) is 7.04. The molecule has 0 aliphatic heterocycles. The molecule has 2 aromatic rings. The Morgan fingerprint density at radius 1 is 1.56 bits per heavy atom. The van der Waals surface area contributed by atoms with Crippen LogP contribution in [0.5, 0.6) is 0 Å². The Hall–Kier alpha value is -1.88. The predicted octanol–water partition coefficient (Wildman–Crippen LogP) is 1.31. The molecule has 96 valence electrons. The minimum atomic E-state index is -0.306. The van der Waals surface area contributed by atoms with Crippen LogP contribution in [0.15, 0.2) is 24.4 Å².